The molecule has 0 aliphatic rings. The second kappa shape index (κ2) is 9.79. The molecule has 5 heteroatoms. The van der Waals surface area contributed by atoms with Crippen LogP contribution in [0.3, 0.4) is 0 Å². The summed E-state index contributed by atoms with van der Waals surface area (Å²) in [6.07, 6.45) is 0. The molecule has 0 spiro atoms. The van der Waals surface area contributed by atoms with Gasteiger partial charge in [0.2, 0.25) is 0 Å². The van der Waals surface area contributed by atoms with Crippen LogP contribution < -0.4 is 5.32 Å². The fraction of sp³-hybridized carbons (Fsp3) is 0.259. The van der Waals surface area contributed by atoms with Crippen LogP contribution in [0.15, 0.2) is 78.9 Å². The first-order valence-electron chi connectivity index (χ1n) is 11.1. The molecular weight excluding hydrogens is 396 g/mol. The van der Waals surface area contributed by atoms with Crippen LogP contribution in [0.5, 0.6) is 0 Å². The van der Waals surface area contributed by atoms with Crippen molar-refractivity contribution in [2.45, 2.75) is 39.5 Å². The second-order valence-electron chi connectivity index (χ2n) is 8.26. The Hall–Kier alpha value is -3.44. The topological polar surface area (TPSA) is 50.2 Å². The third kappa shape index (κ3) is 4.89. The summed E-state index contributed by atoms with van der Waals surface area (Å²) in [6.45, 7) is 6.53. The molecule has 3 aromatic carbocycles. The average molecular weight is 427 g/mol. The van der Waals surface area contributed by atoms with Gasteiger partial charge < -0.3 is 9.88 Å². The zero-order valence-electron chi connectivity index (χ0n) is 19.0. The highest BCUT2D eigenvalue weighted by Crippen LogP contribution is 2.21. The second-order valence-corrected chi connectivity index (χ2v) is 8.26. The van der Waals surface area contributed by atoms with Crippen molar-refractivity contribution in [3.05, 3.63) is 101 Å². The molecule has 0 aliphatic carbocycles. The van der Waals surface area contributed by atoms with E-state index in [0.29, 0.717) is 5.56 Å². The predicted molar refractivity (Wildman–Crippen MR) is 129 cm³/mol. The first-order valence-corrected chi connectivity index (χ1v) is 11.1. The molecule has 32 heavy (non-hydrogen) atoms. The van der Waals surface area contributed by atoms with Gasteiger partial charge in [0, 0.05) is 25.2 Å². The summed E-state index contributed by atoms with van der Waals surface area (Å²) in [4.78, 5) is 20.0. The van der Waals surface area contributed by atoms with Gasteiger partial charge in [0.15, 0.2) is 0 Å². The van der Waals surface area contributed by atoms with Crippen molar-refractivity contribution in [2.24, 2.45) is 0 Å². The number of fused-ring (bicyclic) bond motifs is 1. The largest absolute Gasteiger partial charge is 0.342 e. The Morgan fingerprint density at radius 3 is 2.44 bits per heavy atom. The Morgan fingerprint density at radius 2 is 1.66 bits per heavy atom. The average Bonchev–Trinajstić information content (AvgIpc) is 3.18. The van der Waals surface area contributed by atoms with Crippen LogP contribution in [0.1, 0.15) is 47.2 Å². The fourth-order valence-electron chi connectivity index (χ4n) is 4.18. The number of nitrogens with zero attached hydrogens (tertiary/aromatic N) is 3. The molecule has 1 aromatic heterocycles. The maximum Gasteiger partial charge on any atom is 0.251 e. The molecule has 1 N–H and O–H groups in total. The van der Waals surface area contributed by atoms with Crippen LogP contribution >= 0.6 is 0 Å². The zero-order chi connectivity index (χ0) is 22.5. The van der Waals surface area contributed by atoms with Gasteiger partial charge in [-0.15, -0.1) is 0 Å². The number of rotatable bonds is 8. The number of nitrogens with one attached hydrogen (secondary N) is 1. The Morgan fingerprint density at radius 1 is 0.969 bits per heavy atom. The molecule has 0 radical (unpaired) electrons. The molecule has 164 valence electrons. The molecule has 5 nitrogen and oxygen atoms in total. The number of carbonyl (C=O) groups is 1. The number of hydrogen-bond donors (Lipinski definition) is 1. The lowest BCUT2D eigenvalue weighted by atomic mass is 10.1. The number of hydrogen-bond acceptors (Lipinski definition) is 3. The van der Waals surface area contributed by atoms with Crippen molar-refractivity contribution < 1.29 is 4.79 Å². The molecule has 1 heterocycles. The lowest BCUT2D eigenvalue weighted by molar-refractivity contribution is 0.0937. The molecule has 1 atom stereocenters. The normalized spacial score (nSPS) is 12.2. The van der Waals surface area contributed by atoms with E-state index in [0.717, 1.165) is 42.1 Å². The van der Waals surface area contributed by atoms with E-state index in [1.165, 1.54) is 5.56 Å². The van der Waals surface area contributed by atoms with Crippen LogP contribution in [-0.2, 0) is 19.6 Å². The summed E-state index contributed by atoms with van der Waals surface area (Å²) in [7, 11) is 2.09. The highest BCUT2D eigenvalue weighted by atomic mass is 16.1. The minimum absolute atomic E-state index is 0.0835. The number of aryl methyl sites for hydroxylation is 1. The van der Waals surface area contributed by atoms with Crippen LogP contribution in [0.4, 0.5) is 0 Å². The minimum atomic E-state index is -0.195. The van der Waals surface area contributed by atoms with Crippen molar-refractivity contribution in [1.82, 2.24) is 19.8 Å². The highest BCUT2D eigenvalue weighted by Gasteiger charge is 2.18. The SMILES string of the molecule is CCn1c(C(C)NC(=O)c2cccc(CN(C)Cc3ccccc3)c2)nc2ccccc21. The Balaban J connectivity index is 1.45. The highest BCUT2D eigenvalue weighted by molar-refractivity contribution is 5.94. The summed E-state index contributed by atoms with van der Waals surface area (Å²) in [5, 5.41) is 3.13. The van der Waals surface area contributed by atoms with Crippen molar-refractivity contribution in [3.63, 3.8) is 0 Å². The van der Waals surface area contributed by atoms with Crippen molar-refractivity contribution in [2.75, 3.05) is 7.05 Å². The third-order valence-electron chi connectivity index (χ3n) is 5.67. The van der Waals surface area contributed by atoms with Gasteiger partial charge >= 0.3 is 0 Å². The summed E-state index contributed by atoms with van der Waals surface area (Å²) >= 11 is 0. The van der Waals surface area contributed by atoms with Crippen LogP contribution in [0.25, 0.3) is 11.0 Å². The maximum atomic E-state index is 13.0. The van der Waals surface area contributed by atoms with E-state index in [1.807, 2.05) is 49.4 Å². The molecular formula is C27H30N4O. The van der Waals surface area contributed by atoms with Gasteiger partial charge in [-0.1, -0.05) is 54.6 Å². The van der Waals surface area contributed by atoms with Gasteiger partial charge in [0.25, 0.3) is 5.91 Å². The molecule has 4 aromatic rings. The fourth-order valence-corrected chi connectivity index (χ4v) is 4.18. The lowest BCUT2D eigenvalue weighted by Gasteiger charge is -2.18. The zero-order valence-corrected chi connectivity index (χ0v) is 19.0. The number of imidazole rings is 1. The van der Waals surface area contributed by atoms with Crippen molar-refractivity contribution in [3.8, 4) is 0 Å². The Kier molecular flexibility index (Phi) is 6.66. The number of aromatic nitrogens is 2. The van der Waals surface area contributed by atoms with Gasteiger partial charge in [-0.25, -0.2) is 4.98 Å². The van der Waals surface area contributed by atoms with E-state index in [-0.39, 0.29) is 11.9 Å². The van der Waals surface area contributed by atoms with E-state index in [9.17, 15) is 4.79 Å². The monoisotopic (exact) mass is 426 g/mol. The smallest absolute Gasteiger partial charge is 0.251 e. The van der Waals surface area contributed by atoms with E-state index in [1.54, 1.807) is 0 Å². The van der Waals surface area contributed by atoms with E-state index >= 15 is 0 Å². The molecule has 0 saturated heterocycles. The van der Waals surface area contributed by atoms with E-state index < -0.39 is 0 Å². The van der Waals surface area contributed by atoms with Gasteiger partial charge in [0.1, 0.15) is 5.82 Å². The standard InChI is InChI=1S/C27H30N4O/c1-4-31-25-16-9-8-15-24(25)29-26(31)20(2)28-27(32)23-14-10-13-22(17-23)19-30(3)18-21-11-6-5-7-12-21/h5-17,20H,4,18-19H2,1-3H3,(H,28,32). The number of carbonyl (C=O) groups excluding carboxylic acids is 1. The summed E-state index contributed by atoms with van der Waals surface area (Å²) in [5.74, 6) is 0.792. The predicted octanol–water partition coefficient (Wildman–Crippen LogP) is 5.18. The number of amides is 1. The van der Waals surface area contributed by atoms with Gasteiger partial charge in [-0.2, -0.15) is 0 Å². The van der Waals surface area contributed by atoms with Crippen LogP contribution in [-0.4, -0.2) is 27.4 Å². The number of para-hydroxylation sites is 2. The molecule has 0 aliphatic heterocycles. The van der Waals surface area contributed by atoms with Crippen LogP contribution in [0, 0.1) is 0 Å². The summed E-state index contributed by atoms with van der Waals surface area (Å²) in [5.41, 5.74) is 5.10. The van der Waals surface area contributed by atoms with Crippen molar-refractivity contribution >= 4 is 16.9 Å². The minimum Gasteiger partial charge on any atom is -0.342 e. The first kappa shape index (κ1) is 21.8. The molecule has 0 bridgehead atoms. The summed E-state index contributed by atoms with van der Waals surface area (Å²) < 4.78 is 2.16. The first-order chi connectivity index (χ1) is 15.5. The van der Waals surface area contributed by atoms with E-state index in [2.05, 4.69) is 65.2 Å². The quantitative estimate of drug-likeness (QED) is 0.422. The number of benzene rings is 3. The molecule has 1 unspecified atom stereocenters. The molecule has 0 fully saturated rings. The van der Waals surface area contributed by atoms with Gasteiger partial charge in [0.05, 0.1) is 17.1 Å². The molecule has 1 amide bonds. The molecule has 0 saturated carbocycles. The van der Waals surface area contributed by atoms with Crippen molar-refractivity contribution in [1.29, 1.82) is 0 Å². The summed E-state index contributed by atoms with van der Waals surface area (Å²) in [6, 6.07) is 26.2. The lowest BCUT2D eigenvalue weighted by Crippen LogP contribution is -2.29. The Bertz CT molecular complexity index is 1200. The third-order valence-corrected chi connectivity index (χ3v) is 5.67. The Labute approximate surface area is 189 Å². The van der Waals surface area contributed by atoms with Gasteiger partial charge in [-0.05, 0) is 56.3 Å². The van der Waals surface area contributed by atoms with Crippen LogP contribution in [0.2, 0.25) is 0 Å². The maximum absolute atomic E-state index is 13.0. The van der Waals surface area contributed by atoms with Gasteiger partial charge in [-0.3, -0.25) is 9.69 Å². The van der Waals surface area contributed by atoms with E-state index in [4.69, 9.17) is 4.98 Å². The molecule has 4 rings (SSSR count).